The quantitative estimate of drug-likeness (QED) is 0.695. The fraction of sp³-hybridized carbons (Fsp3) is 0.471. The Hall–Kier alpha value is -2.57. The summed E-state index contributed by atoms with van der Waals surface area (Å²) >= 11 is 0. The van der Waals surface area contributed by atoms with Crippen LogP contribution in [0.5, 0.6) is 0 Å². The molecule has 2 aliphatic heterocycles. The lowest BCUT2D eigenvalue weighted by molar-refractivity contribution is -0.122. The van der Waals surface area contributed by atoms with Crippen LogP contribution in [0.25, 0.3) is 0 Å². The van der Waals surface area contributed by atoms with E-state index in [4.69, 9.17) is 0 Å². The zero-order chi connectivity index (χ0) is 16.9. The molecule has 0 radical (unpaired) electrons. The largest absolute Gasteiger partial charge is 0.371 e. The number of hydrogen-bond donors (Lipinski definition) is 3. The van der Waals surface area contributed by atoms with Gasteiger partial charge in [0.1, 0.15) is 6.04 Å². The van der Waals surface area contributed by atoms with E-state index in [1.807, 2.05) is 18.2 Å². The number of hydrogen-bond acceptors (Lipinski definition) is 4. The zero-order valence-corrected chi connectivity index (χ0v) is 13.5. The van der Waals surface area contributed by atoms with Gasteiger partial charge in [0.05, 0.1) is 0 Å². The molecular weight excluding hydrogens is 308 g/mol. The maximum atomic E-state index is 12.0. The van der Waals surface area contributed by atoms with Gasteiger partial charge in [0, 0.05) is 31.2 Å². The first-order valence-corrected chi connectivity index (χ1v) is 8.32. The fourth-order valence-corrected chi connectivity index (χ4v) is 3.16. The summed E-state index contributed by atoms with van der Waals surface area (Å²) in [5.41, 5.74) is 1.21. The lowest BCUT2D eigenvalue weighted by Gasteiger charge is -2.34. The number of nitrogens with one attached hydrogen (secondary N) is 3. The molecule has 2 heterocycles. The number of carbonyl (C=O) groups is 3. The number of para-hydroxylation sites is 1. The van der Waals surface area contributed by atoms with E-state index in [2.05, 4.69) is 33.0 Å². The van der Waals surface area contributed by atoms with Gasteiger partial charge in [0.25, 0.3) is 5.91 Å². The second-order valence-corrected chi connectivity index (χ2v) is 6.22. The summed E-state index contributed by atoms with van der Waals surface area (Å²) < 4.78 is 0. The zero-order valence-electron chi connectivity index (χ0n) is 13.5. The molecule has 2 fully saturated rings. The van der Waals surface area contributed by atoms with Gasteiger partial charge in [-0.3, -0.25) is 14.9 Å². The Balaban J connectivity index is 1.39. The van der Waals surface area contributed by atoms with Crippen molar-refractivity contribution < 1.29 is 14.4 Å². The Bertz CT molecular complexity index is 612. The molecule has 4 amide bonds. The first-order chi connectivity index (χ1) is 11.6. The summed E-state index contributed by atoms with van der Waals surface area (Å²) in [6, 6.07) is 9.34. The van der Waals surface area contributed by atoms with E-state index < -0.39 is 12.1 Å². The van der Waals surface area contributed by atoms with Crippen LogP contribution in [-0.4, -0.2) is 43.0 Å². The van der Waals surface area contributed by atoms with E-state index in [0.717, 1.165) is 25.9 Å². The third kappa shape index (κ3) is 4.04. The number of benzene rings is 1. The summed E-state index contributed by atoms with van der Waals surface area (Å²) in [4.78, 5) is 36.8. The minimum absolute atomic E-state index is 0.0675. The number of imide groups is 1. The normalized spacial score (nSPS) is 21.3. The molecule has 1 aromatic carbocycles. The molecule has 3 rings (SSSR count). The lowest BCUT2D eigenvalue weighted by atomic mass is 10.0. The van der Waals surface area contributed by atoms with Crippen molar-refractivity contribution in [2.24, 2.45) is 0 Å². The number of urea groups is 1. The van der Waals surface area contributed by atoms with Gasteiger partial charge in [-0.25, -0.2) is 4.79 Å². The van der Waals surface area contributed by atoms with Gasteiger partial charge in [-0.2, -0.15) is 0 Å². The molecule has 0 saturated carbocycles. The van der Waals surface area contributed by atoms with Gasteiger partial charge in [-0.1, -0.05) is 18.2 Å². The van der Waals surface area contributed by atoms with Crippen LogP contribution >= 0.6 is 0 Å². The monoisotopic (exact) mass is 330 g/mol. The molecule has 128 valence electrons. The van der Waals surface area contributed by atoms with Gasteiger partial charge in [-0.15, -0.1) is 0 Å². The Morgan fingerprint density at radius 3 is 2.50 bits per heavy atom. The maximum Gasteiger partial charge on any atom is 0.322 e. The lowest BCUT2D eigenvalue weighted by Crippen LogP contribution is -2.45. The van der Waals surface area contributed by atoms with Gasteiger partial charge < -0.3 is 15.5 Å². The van der Waals surface area contributed by atoms with E-state index in [1.165, 1.54) is 5.69 Å². The number of nitrogens with zero attached hydrogens (tertiary/aromatic N) is 1. The average molecular weight is 330 g/mol. The Morgan fingerprint density at radius 2 is 1.88 bits per heavy atom. The number of carbonyl (C=O) groups excluding carboxylic acids is 3. The Labute approximate surface area is 140 Å². The molecule has 0 unspecified atom stereocenters. The summed E-state index contributed by atoms with van der Waals surface area (Å²) in [6.07, 6.45) is 2.37. The van der Waals surface area contributed by atoms with Crippen molar-refractivity contribution >= 4 is 23.5 Å². The highest BCUT2D eigenvalue weighted by atomic mass is 16.2. The van der Waals surface area contributed by atoms with Crippen molar-refractivity contribution in [2.75, 3.05) is 18.0 Å². The van der Waals surface area contributed by atoms with E-state index in [1.54, 1.807) is 0 Å². The first kappa shape index (κ1) is 16.3. The highest BCUT2D eigenvalue weighted by Gasteiger charge is 2.29. The van der Waals surface area contributed by atoms with Gasteiger partial charge in [0.2, 0.25) is 5.91 Å². The van der Waals surface area contributed by atoms with E-state index >= 15 is 0 Å². The van der Waals surface area contributed by atoms with Gasteiger partial charge >= 0.3 is 6.03 Å². The van der Waals surface area contributed by atoms with Crippen LogP contribution in [0.15, 0.2) is 30.3 Å². The van der Waals surface area contributed by atoms with Crippen LogP contribution in [0, 0.1) is 0 Å². The third-order valence-corrected chi connectivity index (χ3v) is 4.50. The minimum Gasteiger partial charge on any atom is -0.371 e. The smallest absolute Gasteiger partial charge is 0.322 e. The van der Waals surface area contributed by atoms with Gasteiger partial charge in [-0.05, 0) is 31.4 Å². The SMILES string of the molecule is O=C(CC[C@H]1NC(=O)NC1=O)NC1CCN(c2ccccc2)CC1. The molecule has 2 aliphatic rings. The molecule has 7 nitrogen and oxygen atoms in total. The number of piperidine rings is 1. The van der Waals surface area contributed by atoms with Crippen LogP contribution in [0.3, 0.4) is 0 Å². The standard InChI is InChI=1S/C17H22N4O3/c22-15(7-6-14-16(23)20-17(24)19-14)18-12-8-10-21(11-9-12)13-4-2-1-3-5-13/h1-5,12,14H,6-11H2,(H,18,22)(H2,19,20,23,24)/t14-/m1/s1. The number of anilines is 1. The molecule has 7 heteroatoms. The molecule has 0 aliphatic carbocycles. The molecular formula is C17H22N4O3. The van der Waals surface area contributed by atoms with Crippen LogP contribution in [0.1, 0.15) is 25.7 Å². The van der Waals surface area contributed by atoms with E-state index in [9.17, 15) is 14.4 Å². The Morgan fingerprint density at radius 1 is 1.17 bits per heavy atom. The summed E-state index contributed by atoms with van der Waals surface area (Å²) in [7, 11) is 0. The van der Waals surface area contributed by atoms with Crippen molar-refractivity contribution in [1.29, 1.82) is 0 Å². The summed E-state index contributed by atoms with van der Waals surface area (Å²) in [6.45, 7) is 1.83. The van der Waals surface area contributed by atoms with Crippen molar-refractivity contribution in [1.82, 2.24) is 16.0 Å². The second-order valence-electron chi connectivity index (χ2n) is 6.22. The molecule has 24 heavy (non-hydrogen) atoms. The highest BCUT2D eigenvalue weighted by Crippen LogP contribution is 2.19. The van der Waals surface area contributed by atoms with Gasteiger partial charge in [0.15, 0.2) is 0 Å². The molecule has 0 aromatic heterocycles. The molecule has 2 saturated heterocycles. The summed E-state index contributed by atoms with van der Waals surface area (Å²) in [5, 5.41) is 7.70. The highest BCUT2D eigenvalue weighted by molar-refractivity contribution is 6.04. The maximum absolute atomic E-state index is 12.0. The fourth-order valence-electron chi connectivity index (χ4n) is 3.16. The second kappa shape index (κ2) is 7.33. The molecule has 1 atom stereocenters. The minimum atomic E-state index is -0.594. The molecule has 3 N–H and O–H groups in total. The first-order valence-electron chi connectivity index (χ1n) is 8.32. The van der Waals surface area contributed by atoms with Crippen molar-refractivity contribution in [2.45, 2.75) is 37.8 Å². The van der Waals surface area contributed by atoms with E-state index in [0.29, 0.717) is 6.42 Å². The van der Waals surface area contributed by atoms with E-state index in [-0.39, 0.29) is 24.3 Å². The summed E-state index contributed by atoms with van der Waals surface area (Å²) in [5.74, 6) is -0.425. The number of rotatable bonds is 5. The predicted molar refractivity (Wildman–Crippen MR) is 89.5 cm³/mol. The predicted octanol–water partition coefficient (Wildman–Crippen LogP) is 0.760. The van der Waals surface area contributed by atoms with Crippen molar-refractivity contribution in [3.8, 4) is 0 Å². The van der Waals surface area contributed by atoms with Crippen LogP contribution in [0.4, 0.5) is 10.5 Å². The average Bonchev–Trinajstić information content (AvgIpc) is 2.92. The van der Waals surface area contributed by atoms with Crippen LogP contribution in [-0.2, 0) is 9.59 Å². The molecule has 0 bridgehead atoms. The Kier molecular flexibility index (Phi) is 4.98. The van der Waals surface area contributed by atoms with Crippen molar-refractivity contribution in [3.05, 3.63) is 30.3 Å². The third-order valence-electron chi connectivity index (χ3n) is 4.50. The molecule has 0 spiro atoms. The topological polar surface area (TPSA) is 90.5 Å². The molecule has 1 aromatic rings. The van der Waals surface area contributed by atoms with Crippen LogP contribution in [0.2, 0.25) is 0 Å². The number of amides is 4. The van der Waals surface area contributed by atoms with Crippen molar-refractivity contribution in [3.63, 3.8) is 0 Å². The van der Waals surface area contributed by atoms with Crippen LogP contribution < -0.4 is 20.9 Å².